The number of benzene rings is 2. The quantitative estimate of drug-likeness (QED) is 0.487. The van der Waals surface area contributed by atoms with Gasteiger partial charge in [0, 0.05) is 31.0 Å². The summed E-state index contributed by atoms with van der Waals surface area (Å²) in [6, 6.07) is 11.1. The molecule has 0 spiro atoms. The van der Waals surface area contributed by atoms with Crippen molar-refractivity contribution in [3.05, 3.63) is 54.4 Å². The molecule has 29 heavy (non-hydrogen) atoms. The number of amides is 1. The fourth-order valence-corrected chi connectivity index (χ4v) is 3.99. The van der Waals surface area contributed by atoms with E-state index in [1.165, 1.54) is 11.3 Å². The van der Waals surface area contributed by atoms with Crippen LogP contribution >= 0.6 is 11.3 Å². The van der Waals surface area contributed by atoms with E-state index in [1.54, 1.807) is 36.5 Å². The van der Waals surface area contributed by atoms with Crippen LogP contribution in [-0.2, 0) is 0 Å². The van der Waals surface area contributed by atoms with E-state index in [2.05, 4.69) is 9.97 Å². The minimum absolute atomic E-state index is 0.106. The lowest BCUT2D eigenvalue weighted by molar-refractivity contribution is 0.0985. The molecule has 0 radical (unpaired) electrons. The minimum Gasteiger partial charge on any atom is -0.497 e. The summed E-state index contributed by atoms with van der Waals surface area (Å²) in [5.41, 5.74) is 2.86. The number of thiazole rings is 1. The first kappa shape index (κ1) is 19.2. The molecule has 1 amide bonds. The summed E-state index contributed by atoms with van der Waals surface area (Å²) in [7, 11) is 5.60. The standard InChI is InChI=1S/C21H21N5O2S/c1-25(2)10-11-26(21-24-17-7-5-15(28-3)13-19(17)29-21)20(27)14-4-6-16-18(12-14)23-9-8-22-16/h4-9,12-13H,10-11H2,1-3H3. The number of carbonyl (C=O) groups is 1. The highest BCUT2D eigenvalue weighted by molar-refractivity contribution is 7.22. The van der Waals surface area contributed by atoms with Crippen LogP contribution in [0.1, 0.15) is 10.4 Å². The number of methoxy groups -OCH3 is 1. The summed E-state index contributed by atoms with van der Waals surface area (Å²) in [5, 5.41) is 0.666. The van der Waals surface area contributed by atoms with Crippen LogP contribution < -0.4 is 9.64 Å². The fourth-order valence-electron chi connectivity index (χ4n) is 2.97. The molecule has 4 aromatic rings. The van der Waals surface area contributed by atoms with Crippen molar-refractivity contribution in [3.8, 4) is 5.75 Å². The zero-order valence-corrected chi connectivity index (χ0v) is 17.3. The maximum Gasteiger partial charge on any atom is 0.260 e. The van der Waals surface area contributed by atoms with Gasteiger partial charge in [-0.25, -0.2) is 4.98 Å². The van der Waals surface area contributed by atoms with Gasteiger partial charge < -0.3 is 9.64 Å². The molecule has 8 heteroatoms. The van der Waals surface area contributed by atoms with E-state index in [1.807, 2.05) is 43.3 Å². The summed E-state index contributed by atoms with van der Waals surface area (Å²) >= 11 is 1.48. The van der Waals surface area contributed by atoms with Crippen molar-refractivity contribution in [1.29, 1.82) is 0 Å². The highest BCUT2D eigenvalue weighted by Gasteiger charge is 2.22. The average Bonchev–Trinajstić information content (AvgIpc) is 3.15. The first-order chi connectivity index (χ1) is 14.0. The van der Waals surface area contributed by atoms with E-state index < -0.39 is 0 Å². The van der Waals surface area contributed by atoms with E-state index in [0.717, 1.165) is 28.0 Å². The molecule has 0 saturated carbocycles. The molecular formula is C21H21N5O2S. The number of ether oxygens (including phenoxy) is 1. The molecule has 0 N–H and O–H groups in total. The second-order valence-electron chi connectivity index (χ2n) is 6.85. The Balaban J connectivity index is 1.73. The van der Waals surface area contributed by atoms with E-state index in [-0.39, 0.29) is 5.91 Å². The van der Waals surface area contributed by atoms with Crippen LogP contribution in [0, 0.1) is 0 Å². The van der Waals surface area contributed by atoms with Gasteiger partial charge in [0.05, 0.1) is 28.4 Å². The number of anilines is 1. The third-order valence-electron chi connectivity index (χ3n) is 4.55. The first-order valence-corrected chi connectivity index (χ1v) is 9.99. The van der Waals surface area contributed by atoms with Gasteiger partial charge in [-0.3, -0.25) is 19.7 Å². The normalized spacial score (nSPS) is 11.3. The van der Waals surface area contributed by atoms with Crippen molar-refractivity contribution >= 4 is 43.6 Å². The second kappa shape index (κ2) is 8.10. The maximum atomic E-state index is 13.4. The lowest BCUT2D eigenvalue weighted by Crippen LogP contribution is -2.36. The zero-order valence-electron chi connectivity index (χ0n) is 16.5. The van der Waals surface area contributed by atoms with Crippen LogP contribution in [0.3, 0.4) is 0 Å². The van der Waals surface area contributed by atoms with E-state index in [9.17, 15) is 4.79 Å². The molecule has 2 aromatic carbocycles. The van der Waals surface area contributed by atoms with Crippen molar-refractivity contribution in [2.75, 3.05) is 39.2 Å². The highest BCUT2D eigenvalue weighted by atomic mass is 32.1. The second-order valence-corrected chi connectivity index (χ2v) is 7.86. The number of likely N-dealkylation sites (N-methyl/N-ethyl adjacent to an activating group) is 1. The van der Waals surface area contributed by atoms with Crippen LogP contribution in [0.4, 0.5) is 5.13 Å². The number of fused-ring (bicyclic) bond motifs is 2. The van der Waals surface area contributed by atoms with Crippen LogP contribution in [-0.4, -0.2) is 60.1 Å². The van der Waals surface area contributed by atoms with Crippen molar-refractivity contribution < 1.29 is 9.53 Å². The van der Waals surface area contributed by atoms with Gasteiger partial charge in [-0.05, 0) is 50.5 Å². The summed E-state index contributed by atoms with van der Waals surface area (Å²) in [5.74, 6) is 0.664. The number of hydrogen-bond donors (Lipinski definition) is 0. The average molecular weight is 407 g/mol. The molecule has 0 fully saturated rings. The largest absolute Gasteiger partial charge is 0.497 e. The topological polar surface area (TPSA) is 71.5 Å². The van der Waals surface area contributed by atoms with Gasteiger partial charge in [0.2, 0.25) is 0 Å². The molecule has 2 aromatic heterocycles. The number of nitrogens with zero attached hydrogens (tertiary/aromatic N) is 5. The molecule has 0 saturated heterocycles. The van der Waals surface area contributed by atoms with Gasteiger partial charge in [0.25, 0.3) is 5.91 Å². The lowest BCUT2D eigenvalue weighted by Gasteiger charge is -2.22. The van der Waals surface area contributed by atoms with Crippen LogP contribution in [0.15, 0.2) is 48.8 Å². The van der Waals surface area contributed by atoms with Crippen molar-refractivity contribution in [2.24, 2.45) is 0 Å². The third kappa shape index (κ3) is 4.03. The van der Waals surface area contributed by atoms with Gasteiger partial charge in [0.15, 0.2) is 5.13 Å². The lowest BCUT2D eigenvalue weighted by atomic mass is 10.1. The number of carbonyl (C=O) groups excluding carboxylic acids is 1. The van der Waals surface area contributed by atoms with E-state index >= 15 is 0 Å². The molecule has 2 heterocycles. The van der Waals surface area contributed by atoms with E-state index in [0.29, 0.717) is 22.8 Å². The number of hydrogen-bond acceptors (Lipinski definition) is 7. The predicted octanol–water partition coefficient (Wildman–Crippen LogP) is 3.46. The first-order valence-electron chi connectivity index (χ1n) is 9.17. The molecule has 7 nitrogen and oxygen atoms in total. The Kier molecular flexibility index (Phi) is 5.37. The molecule has 0 aliphatic carbocycles. The van der Waals surface area contributed by atoms with Crippen LogP contribution in [0.25, 0.3) is 21.3 Å². The van der Waals surface area contributed by atoms with Gasteiger partial charge in [-0.2, -0.15) is 0 Å². The fraction of sp³-hybridized carbons (Fsp3) is 0.238. The smallest absolute Gasteiger partial charge is 0.260 e. The molecule has 0 bridgehead atoms. The molecule has 148 valence electrons. The Morgan fingerprint density at radius 1 is 1.00 bits per heavy atom. The van der Waals surface area contributed by atoms with Gasteiger partial charge in [-0.15, -0.1) is 0 Å². The molecular weight excluding hydrogens is 386 g/mol. The maximum absolute atomic E-state index is 13.4. The summed E-state index contributed by atoms with van der Waals surface area (Å²) in [6.45, 7) is 1.25. The Hall–Kier alpha value is -3.10. The number of aromatic nitrogens is 3. The monoisotopic (exact) mass is 407 g/mol. The Bertz CT molecular complexity index is 1170. The Morgan fingerprint density at radius 3 is 2.52 bits per heavy atom. The van der Waals surface area contributed by atoms with E-state index in [4.69, 9.17) is 9.72 Å². The van der Waals surface area contributed by atoms with Crippen molar-refractivity contribution in [1.82, 2.24) is 19.9 Å². The van der Waals surface area contributed by atoms with Gasteiger partial charge in [0.1, 0.15) is 5.75 Å². The Morgan fingerprint density at radius 2 is 1.76 bits per heavy atom. The number of rotatable bonds is 6. The van der Waals surface area contributed by atoms with Gasteiger partial charge in [-0.1, -0.05) is 11.3 Å². The molecule has 0 atom stereocenters. The Labute approximate surface area is 172 Å². The molecule has 4 rings (SSSR count). The SMILES string of the molecule is COc1ccc2nc(N(CCN(C)C)C(=O)c3ccc4nccnc4c3)sc2c1. The summed E-state index contributed by atoms with van der Waals surface area (Å²) < 4.78 is 6.29. The molecule has 0 unspecified atom stereocenters. The molecule has 0 aliphatic heterocycles. The molecule has 0 aliphatic rings. The van der Waals surface area contributed by atoms with Crippen molar-refractivity contribution in [3.63, 3.8) is 0 Å². The zero-order chi connectivity index (χ0) is 20.4. The summed E-state index contributed by atoms with van der Waals surface area (Å²) in [6.07, 6.45) is 3.27. The minimum atomic E-state index is -0.106. The van der Waals surface area contributed by atoms with Crippen LogP contribution in [0.5, 0.6) is 5.75 Å². The van der Waals surface area contributed by atoms with Crippen molar-refractivity contribution in [2.45, 2.75) is 0 Å². The third-order valence-corrected chi connectivity index (χ3v) is 5.59. The summed E-state index contributed by atoms with van der Waals surface area (Å²) in [4.78, 5) is 30.5. The van der Waals surface area contributed by atoms with Gasteiger partial charge >= 0.3 is 0 Å². The predicted molar refractivity (Wildman–Crippen MR) is 116 cm³/mol. The highest BCUT2D eigenvalue weighted by Crippen LogP contribution is 2.32. The van der Waals surface area contributed by atoms with Crippen LogP contribution in [0.2, 0.25) is 0 Å².